The zero-order valence-electron chi connectivity index (χ0n) is 21.0. The first-order valence-corrected chi connectivity index (χ1v) is 12.4. The Labute approximate surface area is 229 Å². The number of halogens is 1. The van der Waals surface area contributed by atoms with Crippen LogP contribution in [-0.2, 0) is 22.5 Å². The summed E-state index contributed by atoms with van der Waals surface area (Å²) < 4.78 is 5.12. The van der Waals surface area contributed by atoms with E-state index in [2.05, 4.69) is 15.5 Å². The Bertz CT molecular complexity index is 1540. The van der Waals surface area contributed by atoms with Gasteiger partial charge in [-0.1, -0.05) is 54.1 Å². The smallest absolute Gasteiger partial charge is 0.416 e. The fraction of sp³-hybridized carbons (Fsp3) is 0.138. The Hall–Kier alpha value is -4.76. The maximum Gasteiger partial charge on any atom is 0.416 e. The molecule has 0 saturated carbocycles. The number of fused-ring (bicyclic) bond motifs is 1. The lowest BCUT2D eigenvalue weighted by Gasteiger charge is -2.20. The van der Waals surface area contributed by atoms with Gasteiger partial charge in [-0.25, -0.2) is 15.1 Å². The summed E-state index contributed by atoms with van der Waals surface area (Å²) in [4.78, 5) is 43.5. The number of hydrazone groups is 1. The highest BCUT2D eigenvalue weighted by atomic mass is 35.5. The molecule has 3 amide bonds. The van der Waals surface area contributed by atoms with Crippen molar-refractivity contribution in [2.45, 2.75) is 19.9 Å². The van der Waals surface area contributed by atoms with Crippen LogP contribution in [0.15, 0.2) is 84.1 Å². The van der Waals surface area contributed by atoms with Crippen LogP contribution in [0.5, 0.6) is 5.75 Å². The van der Waals surface area contributed by atoms with Crippen LogP contribution >= 0.6 is 11.6 Å². The molecule has 3 aromatic carbocycles. The first kappa shape index (κ1) is 27.3. The molecule has 2 N–H and O–H groups in total. The second kappa shape index (κ2) is 12.7. The third-order valence-electron chi connectivity index (χ3n) is 5.80. The van der Waals surface area contributed by atoms with Crippen molar-refractivity contribution in [1.82, 2.24) is 15.3 Å². The lowest BCUT2D eigenvalue weighted by molar-refractivity contribution is -0.129. The summed E-state index contributed by atoms with van der Waals surface area (Å²) in [6.45, 7) is 1.81. The average Bonchev–Trinajstić information content (AvgIpc) is 2.94. The van der Waals surface area contributed by atoms with Gasteiger partial charge in [-0.15, -0.1) is 0 Å². The number of nitrogens with zero attached hydrogens (tertiary/aromatic N) is 3. The van der Waals surface area contributed by atoms with Gasteiger partial charge in [-0.2, -0.15) is 5.10 Å². The van der Waals surface area contributed by atoms with Gasteiger partial charge >= 0.3 is 6.09 Å². The molecule has 0 aliphatic heterocycles. The molecule has 0 fully saturated rings. The van der Waals surface area contributed by atoms with E-state index in [1.165, 1.54) is 24.4 Å². The van der Waals surface area contributed by atoms with Crippen LogP contribution in [0.3, 0.4) is 0 Å². The summed E-state index contributed by atoms with van der Waals surface area (Å²) in [5.41, 5.74) is 4.67. The van der Waals surface area contributed by atoms with Crippen LogP contribution in [0.4, 0.5) is 4.79 Å². The molecule has 10 heteroatoms. The normalized spacial score (nSPS) is 10.9. The number of nitrogens with one attached hydrogen (secondary N) is 1. The number of phenolic OH excluding ortho intramolecular Hbond substituents is 1. The number of hydrogen-bond acceptors (Lipinski definition) is 7. The highest BCUT2D eigenvalue weighted by Gasteiger charge is 2.24. The van der Waals surface area contributed by atoms with E-state index in [0.717, 1.165) is 15.7 Å². The minimum absolute atomic E-state index is 0.00682. The number of carbonyl (C=O) groups excluding carboxylic acids is 3. The van der Waals surface area contributed by atoms with Gasteiger partial charge in [-0.3, -0.25) is 14.6 Å². The van der Waals surface area contributed by atoms with Gasteiger partial charge in [0.05, 0.1) is 36.5 Å². The third-order valence-corrected chi connectivity index (χ3v) is 6.11. The molecule has 4 rings (SSSR count). The summed E-state index contributed by atoms with van der Waals surface area (Å²) in [6, 6.07) is 20.4. The quantitative estimate of drug-likeness (QED) is 0.235. The molecule has 1 aromatic heterocycles. The molecule has 0 spiro atoms. The van der Waals surface area contributed by atoms with E-state index in [4.69, 9.17) is 16.3 Å². The van der Waals surface area contributed by atoms with Crippen molar-refractivity contribution in [3.63, 3.8) is 0 Å². The number of rotatable bonds is 8. The second-order valence-corrected chi connectivity index (χ2v) is 8.81. The number of amides is 3. The van der Waals surface area contributed by atoms with E-state index in [-0.39, 0.29) is 35.9 Å². The van der Waals surface area contributed by atoms with E-state index in [1.807, 2.05) is 24.3 Å². The van der Waals surface area contributed by atoms with Gasteiger partial charge in [0.2, 0.25) is 5.91 Å². The largest absolute Gasteiger partial charge is 0.506 e. The molecule has 0 atom stereocenters. The lowest BCUT2D eigenvalue weighted by Crippen LogP contribution is -2.38. The summed E-state index contributed by atoms with van der Waals surface area (Å²) in [5, 5.41) is 15.3. The SMILES string of the molecule is CCOC(=O)N(Cc1ccccn1)C(=O)Cc1ccc(/C=N/NC(=O)c2ccc(O)c(Cl)c2)c2ccccc12. The lowest BCUT2D eigenvalue weighted by atomic mass is 9.98. The van der Waals surface area contributed by atoms with Crippen LogP contribution in [0.1, 0.15) is 34.1 Å². The van der Waals surface area contributed by atoms with Crippen molar-refractivity contribution in [3.05, 3.63) is 106 Å². The number of aromatic nitrogens is 1. The first-order valence-electron chi connectivity index (χ1n) is 12.1. The molecule has 198 valence electrons. The molecule has 0 bridgehead atoms. The Morgan fingerprint density at radius 1 is 1.05 bits per heavy atom. The zero-order chi connectivity index (χ0) is 27.8. The average molecular weight is 545 g/mol. The minimum atomic E-state index is -0.730. The Balaban J connectivity index is 1.54. The van der Waals surface area contributed by atoms with Gasteiger partial charge in [-0.05, 0) is 53.6 Å². The molecular weight excluding hydrogens is 520 g/mol. The predicted octanol–water partition coefficient (Wildman–Crippen LogP) is 5.09. The van der Waals surface area contributed by atoms with E-state index in [1.54, 1.807) is 43.5 Å². The van der Waals surface area contributed by atoms with Crippen molar-refractivity contribution in [3.8, 4) is 5.75 Å². The molecule has 1 heterocycles. The number of hydrogen-bond donors (Lipinski definition) is 2. The summed E-state index contributed by atoms with van der Waals surface area (Å²) in [5.74, 6) is -1.04. The van der Waals surface area contributed by atoms with Crippen LogP contribution in [0.2, 0.25) is 5.02 Å². The van der Waals surface area contributed by atoms with Crippen LogP contribution < -0.4 is 5.43 Å². The number of carbonyl (C=O) groups is 3. The standard InChI is InChI=1S/C29H25ClN4O5/c1-2-39-29(38)34(18-22-7-5-6-14-31-22)27(36)16-19-10-11-21(24-9-4-3-8-23(19)24)17-32-33-28(37)20-12-13-26(35)25(30)15-20/h3-15,17,35H,2,16,18H2,1H3,(H,33,37)/b32-17+. The second-order valence-electron chi connectivity index (χ2n) is 8.40. The van der Waals surface area contributed by atoms with Gasteiger partial charge in [0.15, 0.2) is 0 Å². The predicted molar refractivity (Wildman–Crippen MR) is 148 cm³/mol. The summed E-state index contributed by atoms with van der Waals surface area (Å²) in [6.07, 6.45) is 2.33. The molecule has 4 aromatic rings. The van der Waals surface area contributed by atoms with Gasteiger partial charge in [0.25, 0.3) is 5.91 Å². The van der Waals surface area contributed by atoms with Gasteiger partial charge < -0.3 is 9.84 Å². The molecule has 0 saturated heterocycles. The summed E-state index contributed by atoms with van der Waals surface area (Å²) in [7, 11) is 0. The van der Waals surface area contributed by atoms with Crippen molar-refractivity contribution >= 4 is 46.5 Å². The third kappa shape index (κ3) is 6.77. The maximum absolute atomic E-state index is 13.3. The van der Waals surface area contributed by atoms with Crippen molar-refractivity contribution in [1.29, 1.82) is 0 Å². The van der Waals surface area contributed by atoms with E-state index in [0.29, 0.717) is 16.8 Å². The zero-order valence-corrected chi connectivity index (χ0v) is 21.8. The molecule has 9 nitrogen and oxygen atoms in total. The van der Waals surface area contributed by atoms with E-state index < -0.39 is 17.9 Å². The van der Waals surface area contributed by atoms with Crippen LogP contribution in [0, 0.1) is 0 Å². The summed E-state index contributed by atoms with van der Waals surface area (Å²) >= 11 is 5.87. The molecule has 0 aliphatic rings. The molecule has 0 aliphatic carbocycles. The first-order chi connectivity index (χ1) is 18.9. The number of phenols is 1. The Morgan fingerprint density at radius 2 is 1.82 bits per heavy atom. The highest BCUT2D eigenvalue weighted by Crippen LogP contribution is 2.25. The molecule has 39 heavy (non-hydrogen) atoms. The van der Waals surface area contributed by atoms with Gasteiger partial charge in [0, 0.05) is 17.3 Å². The topological polar surface area (TPSA) is 121 Å². The minimum Gasteiger partial charge on any atom is -0.506 e. The fourth-order valence-electron chi connectivity index (χ4n) is 3.89. The van der Waals surface area contributed by atoms with E-state index >= 15 is 0 Å². The van der Waals surface area contributed by atoms with E-state index in [9.17, 15) is 19.5 Å². The number of imide groups is 1. The molecule has 0 radical (unpaired) electrons. The van der Waals surface area contributed by atoms with Crippen LogP contribution in [0.25, 0.3) is 10.8 Å². The van der Waals surface area contributed by atoms with Crippen molar-refractivity contribution < 1.29 is 24.2 Å². The fourth-order valence-corrected chi connectivity index (χ4v) is 4.07. The number of aromatic hydroxyl groups is 1. The van der Waals surface area contributed by atoms with Gasteiger partial charge in [0.1, 0.15) is 5.75 Å². The Kier molecular flexibility index (Phi) is 8.86. The van der Waals surface area contributed by atoms with Crippen LogP contribution in [-0.4, -0.2) is 45.7 Å². The van der Waals surface area contributed by atoms with Crippen molar-refractivity contribution in [2.75, 3.05) is 6.61 Å². The number of pyridine rings is 1. The number of benzene rings is 3. The maximum atomic E-state index is 13.3. The van der Waals surface area contributed by atoms with Crippen molar-refractivity contribution in [2.24, 2.45) is 5.10 Å². The molecule has 0 unspecified atom stereocenters. The number of ether oxygens (including phenoxy) is 1. The monoisotopic (exact) mass is 544 g/mol. The molecular formula is C29H25ClN4O5. The highest BCUT2D eigenvalue weighted by molar-refractivity contribution is 6.32. The Morgan fingerprint density at radius 3 is 2.54 bits per heavy atom.